The van der Waals surface area contributed by atoms with E-state index in [1.807, 2.05) is 6.92 Å². The first-order chi connectivity index (χ1) is 12.9. The third-order valence-electron chi connectivity index (χ3n) is 4.40. The second-order valence-electron chi connectivity index (χ2n) is 6.16. The number of cyclic esters (lactones) is 1. The molecule has 1 aliphatic heterocycles. The molecule has 1 fully saturated rings. The summed E-state index contributed by atoms with van der Waals surface area (Å²) in [4.78, 5) is 13.8. The van der Waals surface area contributed by atoms with Gasteiger partial charge in [0, 0.05) is 12.2 Å². The number of anilines is 1. The molecule has 1 N–H and O–H groups in total. The number of amides is 1. The van der Waals surface area contributed by atoms with Crippen LogP contribution in [-0.4, -0.2) is 40.8 Å². The van der Waals surface area contributed by atoms with E-state index in [1.165, 1.54) is 4.90 Å². The van der Waals surface area contributed by atoms with E-state index < -0.39 is 22.2 Å². The van der Waals surface area contributed by atoms with Crippen LogP contribution in [0, 0.1) is 0 Å². The van der Waals surface area contributed by atoms with Crippen LogP contribution in [0.1, 0.15) is 12.5 Å². The third kappa shape index (κ3) is 4.40. The maximum absolute atomic E-state index is 12.4. The molecule has 0 aliphatic carbocycles. The zero-order valence-corrected chi connectivity index (χ0v) is 16.0. The molecule has 1 amide bonds. The van der Waals surface area contributed by atoms with Crippen LogP contribution in [0.3, 0.4) is 0 Å². The molecule has 27 heavy (non-hydrogen) atoms. The van der Waals surface area contributed by atoms with Crippen molar-refractivity contribution in [1.82, 2.24) is 4.72 Å². The highest BCUT2D eigenvalue weighted by molar-refractivity contribution is 7.89. The Morgan fingerprint density at radius 2 is 1.81 bits per heavy atom. The Labute approximate surface area is 158 Å². The summed E-state index contributed by atoms with van der Waals surface area (Å²) in [6.07, 6.45) is -0.228. The van der Waals surface area contributed by atoms with Gasteiger partial charge in [-0.3, -0.25) is 4.90 Å². The minimum atomic E-state index is -3.66. The van der Waals surface area contributed by atoms with Gasteiger partial charge in [0.15, 0.2) is 0 Å². The number of benzene rings is 2. The predicted octanol–water partition coefficient (Wildman–Crippen LogP) is 2.56. The highest BCUT2D eigenvalue weighted by Crippen LogP contribution is 2.24. The van der Waals surface area contributed by atoms with E-state index in [0.29, 0.717) is 11.4 Å². The molecule has 0 spiro atoms. The van der Waals surface area contributed by atoms with Crippen LogP contribution in [0.15, 0.2) is 53.4 Å². The van der Waals surface area contributed by atoms with Crippen LogP contribution in [0.25, 0.3) is 0 Å². The van der Waals surface area contributed by atoms with E-state index in [2.05, 4.69) is 4.72 Å². The lowest BCUT2D eigenvalue weighted by molar-refractivity contribution is 0.143. The molecule has 144 valence electrons. The lowest BCUT2D eigenvalue weighted by atomic mass is 10.2. The van der Waals surface area contributed by atoms with Crippen molar-refractivity contribution in [2.75, 3.05) is 25.1 Å². The van der Waals surface area contributed by atoms with Crippen molar-refractivity contribution in [3.63, 3.8) is 0 Å². The smallest absolute Gasteiger partial charge is 0.414 e. The number of hydrogen-bond donors (Lipinski definition) is 1. The monoisotopic (exact) mass is 390 g/mol. The van der Waals surface area contributed by atoms with Crippen molar-refractivity contribution in [3.05, 3.63) is 54.1 Å². The molecule has 2 aromatic rings. The summed E-state index contributed by atoms with van der Waals surface area (Å²) in [6, 6.07) is 13.7. The van der Waals surface area contributed by atoms with Crippen LogP contribution in [0.4, 0.5) is 10.5 Å². The average molecular weight is 390 g/mol. The molecular weight excluding hydrogens is 368 g/mol. The van der Waals surface area contributed by atoms with Gasteiger partial charge in [-0.25, -0.2) is 17.9 Å². The summed E-state index contributed by atoms with van der Waals surface area (Å²) in [5, 5.41) is 0. The number of hydrogen-bond acceptors (Lipinski definition) is 5. The lowest BCUT2D eigenvalue weighted by Crippen LogP contribution is -2.34. The standard InChI is InChI=1S/C19H22N2O5S/c1-3-14-4-10-18(11-5-14)27(23,24)20-12-17-13-21(19(22)26-17)15-6-8-16(25-2)9-7-15/h4-11,17,20H,3,12-13H2,1-2H3. The van der Waals surface area contributed by atoms with Crippen molar-refractivity contribution in [1.29, 1.82) is 0 Å². The third-order valence-corrected chi connectivity index (χ3v) is 5.84. The van der Waals surface area contributed by atoms with Crippen LogP contribution in [-0.2, 0) is 21.2 Å². The Kier molecular flexibility index (Phi) is 5.67. The molecule has 0 radical (unpaired) electrons. The number of aryl methyl sites for hydroxylation is 1. The van der Waals surface area contributed by atoms with Gasteiger partial charge in [-0.05, 0) is 48.4 Å². The van der Waals surface area contributed by atoms with Gasteiger partial charge < -0.3 is 9.47 Å². The summed E-state index contributed by atoms with van der Waals surface area (Å²) in [5.41, 5.74) is 1.73. The number of ether oxygens (including phenoxy) is 2. The first-order valence-electron chi connectivity index (χ1n) is 8.63. The van der Waals surface area contributed by atoms with Crippen molar-refractivity contribution in [2.45, 2.75) is 24.3 Å². The predicted molar refractivity (Wildman–Crippen MR) is 102 cm³/mol. The van der Waals surface area contributed by atoms with E-state index >= 15 is 0 Å². The first kappa shape index (κ1) is 19.2. The maximum atomic E-state index is 12.4. The van der Waals surface area contributed by atoms with Crippen LogP contribution < -0.4 is 14.4 Å². The minimum absolute atomic E-state index is 0.0102. The van der Waals surface area contributed by atoms with Gasteiger partial charge in [-0.15, -0.1) is 0 Å². The van der Waals surface area contributed by atoms with Gasteiger partial charge in [0.1, 0.15) is 11.9 Å². The summed E-state index contributed by atoms with van der Waals surface area (Å²) in [5.74, 6) is 0.685. The van der Waals surface area contributed by atoms with Crippen molar-refractivity contribution < 1.29 is 22.7 Å². The van der Waals surface area contributed by atoms with Crippen molar-refractivity contribution >= 4 is 21.8 Å². The fourth-order valence-corrected chi connectivity index (χ4v) is 3.86. The molecule has 1 heterocycles. The molecule has 7 nitrogen and oxygen atoms in total. The number of methoxy groups -OCH3 is 1. The molecule has 1 atom stereocenters. The van der Waals surface area contributed by atoms with E-state index in [4.69, 9.17) is 9.47 Å². The zero-order valence-electron chi connectivity index (χ0n) is 15.2. The molecule has 0 aromatic heterocycles. The Morgan fingerprint density at radius 3 is 2.41 bits per heavy atom. The summed E-state index contributed by atoms with van der Waals surface area (Å²) >= 11 is 0. The number of sulfonamides is 1. The van der Waals surface area contributed by atoms with Crippen molar-refractivity contribution in [2.24, 2.45) is 0 Å². The van der Waals surface area contributed by atoms with Crippen LogP contribution >= 0.6 is 0 Å². The molecule has 0 saturated carbocycles. The van der Waals surface area contributed by atoms with E-state index in [1.54, 1.807) is 55.6 Å². The Balaban J connectivity index is 1.62. The van der Waals surface area contributed by atoms with E-state index in [9.17, 15) is 13.2 Å². The average Bonchev–Trinajstić information content (AvgIpc) is 3.07. The topological polar surface area (TPSA) is 84.9 Å². The molecule has 3 rings (SSSR count). The normalized spacial score (nSPS) is 17.0. The lowest BCUT2D eigenvalue weighted by Gasteiger charge is -2.13. The second-order valence-corrected chi connectivity index (χ2v) is 7.93. The quantitative estimate of drug-likeness (QED) is 0.785. The molecule has 8 heteroatoms. The van der Waals surface area contributed by atoms with E-state index in [-0.39, 0.29) is 18.0 Å². The Hall–Kier alpha value is -2.58. The highest BCUT2D eigenvalue weighted by Gasteiger charge is 2.33. The van der Waals surface area contributed by atoms with Gasteiger partial charge in [0.2, 0.25) is 10.0 Å². The molecule has 1 aliphatic rings. The molecular formula is C19H22N2O5S. The first-order valence-corrected chi connectivity index (χ1v) is 10.1. The van der Waals surface area contributed by atoms with Gasteiger partial charge in [0.05, 0.1) is 18.6 Å². The van der Waals surface area contributed by atoms with Gasteiger partial charge in [-0.1, -0.05) is 19.1 Å². The summed E-state index contributed by atoms with van der Waals surface area (Å²) < 4.78 is 37.7. The fourth-order valence-electron chi connectivity index (χ4n) is 2.79. The van der Waals surface area contributed by atoms with Gasteiger partial charge in [0.25, 0.3) is 0 Å². The Morgan fingerprint density at radius 1 is 1.15 bits per heavy atom. The number of carbonyl (C=O) groups is 1. The number of carbonyl (C=O) groups excluding carboxylic acids is 1. The molecule has 1 unspecified atom stereocenters. The number of rotatable bonds is 7. The van der Waals surface area contributed by atoms with Gasteiger partial charge >= 0.3 is 6.09 Å². The number of nitrogens with one attached hydrogen (secondary N) is 1. The Bertz CT molecular complexity index is 895. The number of nitrogens with zero attached hydrogens (tertiary/aromatic N) is 1. The fraction of sp³-hybridized carbons (Fsp3) is 0.316. The molecule has 0 bridgehead atoms. The molecule has 2 aromatic carbocycles. The SMILES string of the molecule is CCc1ccc(S(=O)(=O)NCC2CN(c3ccc(OC)cc3)C(=O)O2)cc1. The molecule has 1 saturated heterocycles. The van der Waals surface area contributed by atoms with Gasteiger partial charge in [-0.2, -0.15) is 0 Å². The van der Waals surface area contributed by atoms with Crippen LogP contribution in [0.5, 0.6) is 5.75 Å². The maximum Gasteiger partial charge on any atom is 0.414 e. The highest BCUT2D eigenvalue weighted by atomic mass is 32.2. The minimum Gasteiger partial charge on any atom is -0.497 e. The zero-order chi connectivity index (χ0) is 19.4. The second kappa shape index (κ2) is 7.98. The summed E-state index contributed by atoms with van der Waals surface area (Å²) in [7, 11) is -2.09. The van der Waals surface area contributed by atoms with E-state index in [0.717, 1.165) is 12.0 Å². The van der Waals surface area contributed by atoms with Crippen molar-refractivity contribution in [3.8, 4) is 5.75 Å². The summed E-state index contributed by atoms with van der Waals surface area (Å²) in [6.45, 7) is 2.28. The van der Waals surface area contributed by atoms with Crippen LogP contribution in [0.2, 0.25) is 0 Å². The largest absolute Gasteiger partial charge is 0.497 e.